The van der Waals surface area contributed by atoms with Crippen LogP contribution in [0.15, 0.2) is 34.8 Å². The first-order valence-corrected chi connectivity index (χ1v) is 6.02. The van der Waals surface area contributed by atoms with Crippen LogP contribution in [0, 0.1) is 0 Å². The van der Waals surface area contributed by atoms with Crippen LogP contribution in [0.3, 0.4) is 0 Å². The summed E-state index contributed by atoms with van der Waals surface area (Å²) in [6.07, 6.45) is 1.84. The fourth-order valence-corrected chi connectivity index (χ4v) is 2.08. The summed E-state index contributed by atoms with van der Waals surface area (Å²) >= 11 is 9.41. The molecule has 1 aromatic carbocycles. The van der Waals surface area contributed by atoms with Crippen LogP contribution in [-0.2, 0) is 0 Å². The first kappa shape index (κ1) is 12.8. The van der Waals surface area contributed by atoms with Gasteiger partial charge in [-0.25, -0.2) is 0 Å². The number of rotatable bonds is 4. The van der Waals surface area contributed by atoms with Gasteiger partial charge in [-0.1, -0.05) is 33.1 Å². The summed E-state index contributed by atoms with van der Waals surface area (Å²) in [5.41, 5.74) is 8.30. The molecule has 0 radical (unpaired) electrons. The van der Waals surface area contributed by atoms with Crippen LogP contribution in [0.1, 0.15) is 31.4 Å². The molecule has 0 aromatic heterocycles. The van der Waals surface area contributed by atoms with Gasteiger partial charge in [-0.2, -0.15) is 0 Å². The van der Waals surface area contributed by atoms with Gasteiger partial charge in [0.25, 0.3) is 0 Å². The van der Waals surface area contributed by atoms with Crippen LogP contribution >= 0.6 is 27.5 Å². The predicted molar refractivity (Wildman–Crippen MR) is 70.1 cm³/mol. The number of benzene rings is 1. The molecule has 0 heterocycles. The van der Waals surface area contributed by atoms with E-state index in [9.17, 15) is 0 Å². The Hall–Kier alpha value is -0.310. The lowest BCUT2D eigenvalue weighted by molar-refractivity contribution is 0.647. The Morgan fingerprint density at radius 1 is 1.60 bits per heavy atom. The Balaban J connectivity index is 2.76. The van der Waals surface area contributed by atoms with Crippen molar-refractivity contribution in [2.24, 2.45) is 5.73 Å². The van der Waals surface area contributed by atoms with Crippen molar-refractivity contribution in [3.63, 3.8) is 0 Å². The molecule has 15 heavy (non-hydrogen) atoms. The van der Waals surface area contributed by atoms with Crippen LogP contribution in [0.25, 0.3) is 0 Å². The van der Waals surface area contributed by atoms with Crippen molar-refractivity contribution >= 4 is 27.5 Å². The van der Waals surface area contributed by atoms with Crippen molar-refractivity contribution in [1.29, 1.82) is 0 Å². The predicted octanol–water partition coefficient (Wildman–Crippen LogP) is 4.46. The molecular weight excluding hydrogens is 273 g/mol. The Morgan fingerprint density at radius 3 is 2.87 bits per heavy atom. The highest BCUT2D eigenvalue weighted by atomic mass is 79.9. The average molecular weight is 289 g/mol. The van der Waals surface area contributed by atoms with E-state index in [0.717, 1.165) is 33.5 Å². The highest BCUT2D eigenvalue weighted by Gasteiger charge is 2.10. The number of hydrogen-bond acceptors (Lipinski definition) is 1. The molecule has 0 spiro atoms. The molecule has 0 amide bonds. The largest absolute Gasteiger partial charge is 0.324 e. The van der Waals surface area contributed by atoms with Gasteiger partial charge in [0.05, 0.1) is 0 Å². The fourth-order valence-electron chi connectivity index (χ4n) is 1.36. The van der Waals surface area contributed by atoms with E-state index in [1.165, 1.54) is 0 Å². The van der Waals surface area contributed by atoms with Gasteiger partial charge in [0.1, 0.15) is 0 Å². The molecule has 1 rings (SSSR count). The third kappa shape index (κ3) is 3.98. The van der Waals surface area contributed by atoms with E-state index >= 15 is 0 Å². The first-order chi connectivity index (χ1) is 7.00. The smallest absolute Gasteiger partial charge is 0.0410 e. The van der Waals surface area contributed by atoms with E-state index in [2.05, 4.69) is 22.5 Å². The van der Waals surface area contributed by atoms with Gasteiger partial charge in [0.15, 0.2) is 0 Å². The minimum absolute atomic E-state index is 0.00905. The molecular formula is C12H15BrClN. The molecule has 3 heteroatoms. The second-order valence-electron chi connectivity index (χ2n) is 3.77. The van der Waals surface area contributed by atoms with Crippen molar-refractivity contribution in [1.82, 2.24) is 0 Å². The molecule has 0 saturated heterocycles. The van der Waals surface area contributed by atoms with Crippen molar-refractivity contribution in [2.75, 3.05) is 0 Å². The maximum Gasteiger partial charge on any atom is 0.0410 e. The lowest BCUT2D eigenvalue weighted by atomic mass is 10.0. The van der Waals surface area contributed by atoms with Crippen LogP contribution in [0.4, 0.5) is 0 Å². The Labute approximate surface area is 104 Å². The average Bonchev–Trinajstić information content (AvgIpc) is 2.18. The minimum Gasteiger partial charge on any atom is -0.324 e. The molecule has 0 aliphatic heterocycles. The van der Waals surface area contributed by atoms with E-state index < -0.39 is 0 Å². The maximum atomic E-state index is 6.08. The van der Waals surface area contributed by atoms with Gasteiger partial charge in [0.2, 0.25) is 0 Å². The summed E-state index contributed by atoms with van der Waals surface area (Å²) in [5, 5.41) is 0.721. The van der Waals surface area contributed by atoms with Gasteiger partial charge < -0.3 is 5.73 Å². The van der Waals surface area contributed by atoms with E-state index in [4.69, 9.17) is 17.3 Å². The second-order valence-corrected chi connectivity index (χ2v) is 5.06. The minimum atomic E-state index is 0.00905. The highest BCUT2D eigenvalue weighted by molar-refractivity contribution is 9.10. The Morgan fingerprint density at radius 2 is 2.27 bits per heavy atom. The molecule has 0 saturated carbocycles. The Bertz CT molecular complexity index is 363. The van der Waals surface area contributed by atoms with Gasteiger partial charge in [0, 0.05) is 15.5 Å². The summed E-state index contributed by atoms with van der Waals surface area (Å²) in [6, 6.07) is 5.70. The molecule has 2 N–H and O–H groups in total. The second kappa shape index (κ2) is 5.69. The number of allylic oxidation sites excluding steroid dienone is 1. The number of halogens is 2. The van der Waals surface area contributed by atoms with E-state index in [0.29, 0.717) is 0 Å². The van der Waals surface area contributed by atoms with Crippen LogP contribution < -0.4 is 5.73 Å². The molecule has 0 aliphatic rings. The van der Waals surface area contributed by atoms with Crippen LogP contribution in [0.5, 0.6) is 0 Å². The summed E-state index contributed by atoms with van der Waals surface area (Å²) < 4.78 is 1.01. The van der Waals surface area contributed by atoms with Crippen LogP contribution in [0.2, 0.25) is 5.02 Å². The molecule has 1 aromatic rings. The molecule has 0 bridgehead atoms. The van der Waals surface area contributed by atoms with Crippen molar-refractivity contribution in [3.05, 3.63) is 45.4 Å². The standard InChI is InChI=1S/C12H15BrClN/c1-8(2)3-6-12(15)10-7-9(14)4-5-11(10)13/h4-5,7,12H,1,3,6,15H2,2H3. The third-order valence-electron chi connectivity index (χ3n) is 2.24. The molecule has 1 nitrogen and oxygen atoms in total. The molecule has 1 unspecified atom stereocenters. The Kier molecular flexibility index (Phi) is 4.84. The monoisotopic (exact) mass is 287 g/mol. The van der Waals surface area contributed by atoms with Crippen molar-refractivity contribution in [2.45, 2.75) is 25.8 Å². The fraction of sp³-hybridized carbons (Fsp3) is 0.333. The van der Waals surface area contributed by atoms with Gasteiger partial charge in [-0.15, -0.1) is 6.58 Å². The molecule has 0 aliphatic carbocycles. The topological polar surface area (TPSA) is 26.0 Å². The summed E-state index contributed by atoms with van der Waals surface area (Å²) in [7, 11) is 0. The first-order valence-electron chi connectivity index (χ1n) is 4.85. The van der Waals surface area contributed by atoms with Crippen LogP contribution in [-0.4, -0.2) is 0 Å². The van der Waals surface area contributed by atoms with Gasteiger partial charge >= 0.3 is 0 Å². The zero-order chi connectivity index (χ0) is 11.4. The highest BCUT2D eigenvalue weighted by Crippen LogP contribution is 2.28. The van der Waals surface area contributed by atoms with Crippen molar-refractivity contribution < 1.29 is 0 Å². The quantitative estimate of drug-likeness (QED) is 0.813. The SMILES string of the molecule is C=C(C)CCC(N)c1cc(Cl)ccc1Br. The zero-order valence-corrected chi connectivity index (χ0v) is 11.1. The van der Waals surface area contributed by atoms with E-state index in [-0.39, 0.29) is 6.04 Å². The molecule has 1 atom stereocenters. The summed E-state index contributed by atoms with van der Waals surface area (Å²) in [6.45, 7) is 5.88. The molecule has 82 valence electrons. The number of nitrogens with two attached hydrogens (primary N) is 1. The van der Waals surface area contributed by atoms with E-state index in [1.54, 1.807) is 0 Å². The maximum absolute atomic E-state index is 6.08. The lowest BCUT2D eigenvalue weighted by Crippen LogP contribution is -2.10. The normalized spacial score (nSPS) is 12.5. The van der Waals surface area contributed by atoms with E-state index in [1.807, 2.05) is 25.1 Å². The number of hydrogen-bond donors (Lipinski definition) is 1. The third-order valence-corrected chi connectivity index (χ3v) is 3.20. The van der Waals surface area contributed by atoms with Gasteiger partial charge in [-0.05, 0) is 43.5 Å². The molecule has 0 fully saturated rings. The lowest BCUT2D eigenvalue weighted by Gasteiger charge is -2.14. The zero-order valence-electron chi connectivity index (χ0n) is 8.76. The summed E-state index contributed by atoms with van der Waals surface area (Å²) in [4.78, 5) is 0. The summed E-state index contributed by atoms with van der Waals surface area (Å²) in [5.74, 6) is 0. The van der Waals surface area contributed by atoms with Crippen molar-refractivity contribution in [3.8, 4) is 0 Å². The van der Waals surface area contributed by atoms with Gasteiger partial charge in [-0.3, -0.25) is 0 Å².